The van der Waals surface area contributed by atoms with Crippen molar-refractivity contribution in [3.63, 3.8) is 0 Å². The Morgan fingerprint density at radius 3 is 2.50 bits per heavy atom. The van der Waals surface area contributed by atoms with Gasteiger partial charge < -0.3 is 25.4 Å². The molecule has 2 aromatic rings. The van der Waals surface area contributed by atoms with Crippen LogP contribution in [0.15, 0.2) is 36.4 Å². The van der Waals surface area contributed by atoms with Crippen LogP contribution >= 0.6 is 0 Å². The van der Waals surface area contributed by atoms with E-state index < -0.39 is 11.7 Å². The first-order valence-electron chi connectivity index (χ1n) is 8.97. The monoisotopic (exact) mass is 387 g/mol. The maximum Gasteiger partial charge on any atom is 0.315 e. The summed E-state index contributed by atoms with van der Waals surface area (Å²) in [5.41, 5.74) is 1.60. The lowest BCUT2D eigenvalue weighted by molar-refractivity contribution is 0.0953. The third-order valence-electron chi connectivity index (χ3n) is 4.19. The van der Waals surface area contributed by atoms with E-state index >= 15 is 0 Å². The average molecular weight is 387 g/mol. The first-order valence-corrected chi connectivity index (χ1v) is 8.97. The van der Waals surface area contributed by atoms with E-state index in [0.29, 0.717) is 36.8 Å². The van der Waals surface area contributed by atoms with Crippen molar-refractivity contribution in [2.75, 3.05) is 26.3 Å². The lowest BCUT2D eigenvalue weighted by Crippen LogP contribution is -2.40. The highest BCUT2D eigenvalue weighted by atomic mass is 19.1. The Bertz CT molecular complexity index is 873. The summed E-state index contributed by atoms with van der Waals surface area (Å²) in [5.74, 6) is 0.548. The molecule has 0 aromatic heterocycles. The van der Waals surface area contributed by atoms with Crippen molar-refractivity contribution in [2.24, 2.45) is 0 Å². The zero-order chi connectivity index (χ0) is 19.9. The summed E-state index contributed by atoms with van der Waals surface area (Å²) in [6, 6.07) is 9.44. The molecular weight excluding hydrogens is 365 g/mol. The highest BCUT2D eigenvalue weighted by Gasteiger charge is 2.12. The van der Waals surface area contributed by atoms with E-state index in [0.717, 1.165) is 5.56 Å². The van der Waals surface area contributed by atoms with E-state index in [4.69, 9.17) is 9.47 Å². The third kappa shape index (κ3) is 5.12. The van der Waals surface area contributed by atoms with Crippen LogP contribution in [0.3, 0.4) is 0 Å². The molecule has 1 heterocycles. The summed E-state index contributed by atoms with van der Waals surface area (Å²) >= 11 is 0. The van der Waals surface area contributed by atoms with Crippen molar-refractivity contribution in [1.82, 2.24) is 16.0 Å². The van der Waals surface area contributed by atoms with Gasteiger partial charge in [0, 0.05) is 25.2 Å². The largest absolute Gasteiger partial charge is 0.486 e. The van der Waals surface area contributed by atoms with Crippen molar-refractivity contribution in [1.29, 1.82) is 0 Å². The number of amides is 3. The molecule has 3 amide bonds. The van der Waals surface area contributed by atoms with Crippen LogP contribution in [0.25, 0.3) is 0 Å². The van der Waals surface area contributed by atoms with Crippen LogP contribution in [0.5, 0.6) is 11.5 Å². The number of rotatable bonds is 6. The molecule has 0 saturated heterocycles. The molecule has 148 valence electrons. The summed E-state index contributed by atoms with van der Waals surface area (Å²) in [4.78, 5) is 23.8. The molecule has 0 bridgehead atoms. The summed E-state index contributed by atoms with van der Waals surface area (Å²) < 4.78 is 24.5. The van der Waals surface area contributed by atoms with E-state index in [1.165, 1.54) is 6.07 Å². The van der Waals surface area contributed by atoms with Crippen LogP contribution in [-0.2, 0) is 6.54 Å². The third-order valence-corrected chi connectivity index (χ3v) is 4.19. The molecule has 0 saturated carbocycles. The normalized spacial score (nSPS) is 12.2. The fraction of sp³-hybridized carbons (Fsp3) is 0.300. The summed E-state index contributed by atoms with van der Waals surface area (Å²) in [7, 11) is 0. The lowest BCUT2D eigenvalue weighted by atomic mass is 10.1. The van der Waals surface area contributed by atoms with Crippen molar-refractivity contribution in [2.45, 2.75) is 13.5 Å². The standard InChI is InChI=1S/C20H22FN3O4/c1-13-2-4-15(11-16(13)21)19(25)22-6-7-23-20(26)24-12-14-3-5-17-18(10-14)28-9-8-27-17/h2-5,10-11H,6-9,12H2,1H3,(H,22,25)(H2,23,24,26). The van der Waals surface area contributed by atoms with Gasteiger partial charge in [0.2, 0.25) is 0 Å². The maximum atomic E-state index is 13.5. The number of urea groups is 1. The number of carbonyl (C=O) groups excluding carboxylic acids is 2. The fourth-order valence-corrected chi connectivity index (χ4v) is 2.63. The number of halogens is 1. The Morgan fingerprint density at radius 1 is 0.964 bits per heavy atom. The molecule has 28 heavy (non-hydrogen) atoms. The van der Waals surface area contributed by atoms with Crippen LogP contribution in [0.1, 0.15) is 21.5 Å². The second-order valence-corrected chi connectivity index (χ2v) is 6.31. The lowest BCUT2D eigenvalue weighted by Gasteiger charge is -2.19. The molecule has 0 aliphatic carbocycles. The van der Waals surface area contributed by atoms with Crippen LogP contribution in [-0.4, -0.2) is 38.2 Å². The van der Waals surface area contributed by atoms with Gasteiger partial charge in [-0.3, -0.25) is 4.79 Å². The Kier molecular flexibility index (Phi) is 6.31. The SMILES string of the molecule is Cc1ccc(C(=O)NCCNC(=O)NCc2ccc3c(c2)OCCO3)cc1F. The molecular formula is C20H22FN3O4. The van der Waals surface area contributed by atoms with Gasteiger partial charge in [-0.05, 0) is 42.3 Å². The first kappa shape index (κ1) is 19.5. The van der Waals surface area contributed by atoms with Crippen molar-refractivity contribution >= 4 is 11.9 Å². The van der Waals surface area contributed by atoms with E-state index in [1.54, 1.807) is 19.1 Å². The van der Waals surface area contributed by atoms with Gasteiger partial charge in [-0.25, -0.2) is 9.18 Å². The molecule has 3 N–H and O–H groups in total. The molecule has 3 rings (SSSR count). The highest BCUT2D eigenvalue weighted by Crippen LogP contribution is 2.30. The van der Waals surface area contributed by atoms with Crippen molar-refractivity contribution in [3.8, 4) is 11.5 Å². The van der Waals surface area contributed by atoms with Crippen LogP contribution in [0.4, 0.5) is 9.18 Å². The molecule has 1 aliphatic heterocycles. The zero-order valence-corrected chi connectivity index (χ0v) is 15.5. The van der Waals surface area contributed by atoms with Crippen LogP contribution in [0.2, 0.25) is 0 Å². The highest BCUT2D eigenvalue weighted by molar-refractivity contribution is 5.94. The minimum Gasteiger partial charge on any atom is -0.486 e. The van der Waals surface area contributed by atoms with Gasteiger partial charge in [-0.1, -0.05) is 12.1 Å². The molecule has 0 unspecified atom stereocenters. The zero-order valence-electron chi connectivity index (χ0n) is 15.5. The second kappa shape index (κ2) is 9.07. The van der Waals surface area contributed by atoms with Gasteiger partial charge >= 0.3 is 6.03 Å². The van der Waals surface area contributed by atoms with E-state index in [2.05, 4.69) is 16.0 Å². The molecule has 0 radical (unpaired) electrons. The Labute approximate surface area is 162 Å². The number of carbonyl (C=O) groups is 2. The van der Waals surface area contributed by atoms with Gasteiger partial charge in [-0.2, -0.15) is 0 Å². The number of hydrogen-bond acceptors (Lipinski definition) is 4. The smallest absolute Gasteiger partial charge is 0.315 e. The van der Waals surface area contributed by atoms with Crippen molar-refractivity contribution < 1.29 is 23.5 Å². The van der Waals surface area contributed by atoms with Crippen LogP contribution < -0.4 is 25.4 Å². The molecule has 2 aromatic carbocycles. The second-order valence-electron chi connectivity index (χ2n) is 6.31. The molecule has 0 atom stereocenters. The number of benzene rings is 2. The van der Waals surface area contributed by atoms with E-state index in [9.17, 15) is 14.0 Å². The first-order chi connectivity index (χ1) is 13.5. The molecule has 0 fully saturated rings. The summed E-state index contributed by atoms with van der Waals surface area (Å²) in [6.45, 7) is 3.47. The quantitative estimate of drug-likeness (QED) is 0.663. The maximum absolute atomic E-state index is 13.5. The van der Waals surface area contributed by atoms with Gasteiger partial charge in [0.25, 0.3) is 5.91 Å². The number of fused-ring (bicyclic) bond motifs is 1. The molecule has 0 spiro atoms. The fourth-order valence-electron chi connectivity index (χ4n) is 2.63. The molecule has 7 nitrogen and oxygen atoms in total. The van der Waals surface area contributed by atoms with E-state index in [1.807, 2.05) is 18.2 Å². The van der Waals surface area contributed by atoms with Gasteiger partial charge in [0.05, 0.1) is 0 Å². The minimum atomic E-state index is -0.427. The summed E-state index contributed by atoms with van der Waals surface area (Å²) in [6.07, 6.45) is 0. The number of nitrogens with one attached hydrogen (secondary N) is 3. The Morgan fingerprint density at radius 2 is 1.71 bits per heavy atom. The number of aryl methyl sites for hydroxylation is 1. The van der Waals surface area contributed by atoms with Gasteiger partial charge in [0.15, 0.2) is 11.5 Å². The van der Waals surface area contributed by atoms with Crippen molar-refractivity contribution in [3.05, 3.63) is 58.9 Å². The topological polar surface area (TPSA) is 88.7 Å². The molecule has 8 heteroatoms. The predicted octanol–water partition coefficient (Wildman–Crippen LogP) is 2.13. The Hall–Kier alpha value is -3.29. The van der Waals surface area contributed by atoms with Crippen LogP contribution in [0, 0.1) is 12.7 Å². The van der Waals surface area contributed by atoms with Gasteiger partial charge in [0.1, 0.15) is 19.0 Å². The predicted molar refractivity (Wildman–Crippen MR) is 101 cm³/mol. The minimum absolute atomic E-state index is 0.228. The summed E-state index contributed by atoms with van der Waals surface area (Å²) in [5, 5.41) is 8.01. The van der Waals surface area contributed by atoms with Gasteiger partial charge in [-0.15, -0.1) is 0 Å². The molecule has 1 aliphatic rings. The number of ether oxygens (including phenoxy) is 2. The van der Waals surface area contributed by atoms with E-state index in [-0.39, 0.29) is 24.7 Å². The average Bonchev–Trinajstić information content (AvgIpc) is 2.71. The Balaban J connectivity index is 1.36. The number of hydrogen-bond donors (Lipinski definition) is 3.